The number of carbonyl (C=O) groups excluding carboxylic acids is 1. The molecule has 170 valence electrons. The lowest BCUT2D eigenvalue weighted by Gasteiger charge is -2.21. The zero-order chi connectivity index (χ0) is 23.9. The van der Waals surface area contributed by atoms with Crippen molar-refractivity contribution in [3.05, 3.63) is 67.9 Å². The number of rotatable bonds is 4. The van der Waals surface area contributed by atoms with Crippen LogP contribution in [0, 0.1) is 20.8 Å². The highest BCUT2D eigenvalue weighted by molar-refractivity contribution is 7.15. The third-order valence-corrected chi connectivity index (χ3v) is 6.51. The Bertz CT molecular complexity index is 1310. The van der Waals surface area contributed by atoms with Gasteiger partial charge in [0.2, 0.25) is 0 Å². The summed E-state index contributed by atoms with van der Waals surface area (Å²) in [5.74, 6) is 0.998. The molecule has 0 saturated carbocycles. The van der Waals surface area contributed by atoms with Crippen molar-refractivity contribution in [3.63, 3.8) is 0 Å². The van der Waals surface area contributed by atoms with E-state index in [4.69, 9.17) is 15.3 Å². The molecule has 0 aliphatic carbocycles. The first kappa shape index (κ1) is 22.7. The standard InChI is InChI=1S/C23H25N7O2S/c1-12-13(2)33-22-19(12)20(15-7-9-16(10-8-15)27-29-24)25-17(11-18(31)32-23(4,5)6)21-28-26-14(3)30(21)22/h7-10,17H,11H2,1-6H3/t17-/m0/s1. The number of aryl methyl sites for hydroxylation is 2. The van der Waals surface area contributed by atoms with E-state index in [-0.39, 0.29) is 12.4 Å². The second-order valence-corrected chi connectivity index (χ2v) is 10.1. The number of nitrogens with zero attached hydrogens (tertiary/aromatic N) is 7. The van der Waals surface area contributed by atoms with Crippen molar-refractivity contribution in [1.82, 2.24) is 14.8 Å². The summed E-state index contributed by atoms with van der Waals surface area (Å²) in [5.41, 5.74) is 12.4. The second-order valence-electron chi connectivity index (χ2n) is 8.92. The first-order chi connectivity index (χ1) is 15.6. The van der Waals surface area contributed by atoms with Gasteiger partial charge in [-0.2, -0.15) is 0 Å². The van der Waals surface area contributed by atoms with Crippen LogP contribution in [0.3, 0.4) is 0 Å². The van der Waals surface area contributed by atoms with Gasteiger partial charge in [0.05, 0.1) is 12.1 Å². The quantitative estimate of drug-likeness (QED) is 0.210. The number of thiophene rings is 1. The molecule has 0 saturated heterocycles. The molecule has 1 aromatic carbocycles. The first-order valence-corrected chi connectivity index (χ1v) is 11.4. The Labute approximate surface area is 195 Å². The number of benzene rings is 1. The summed E-state index contributed by atoms with van der Waals surface area (Å²) >= 11 is 1.65. The van der Waals surface area contributed by atoms with E-state index in [0.29, 0.717) is 11.5 Å². The summed E-state index contributed by atoms with van der Waals surface area (Å²) in [7, 11) is 0. The van der Waals surface area contributed by atoms with Crippen LogP contribution in [-0.2, 0) is 9.53 Å². The van der Waals surface area contributed by atoms with Crippen molar-refractivity contribution in [2.24, 2.45) is 10.1 Å². The Balaban J connectivity index is 1.90. The molecule has 0 bridgehead atoms. The van der Waals surface area contributed by atoms with Crippen molar-refractivity contribution >= 4 is 28.7 Å². The lowest BCUT2D eigenvalue weighted by molar-refractivity contribution is -0.155. The molecule has 0 fully saturated rings. The molecule has 0 unspecified atom stereocenters. The fourth-order valence-corrected chi connectivity index (χ4v) is 5.02. The van der Waals surface area contributed by atoms with Crippen LogP contribution in [-0.4, -0.2) is 32.0 Å². The van der Waals surface area contributed by atoms with E-state index < -0.39 is 11.6 Å². The zero-order valence-electron chi connectivity index (χ0n) is 19.4. The summed E-state index contributed by atoms with van der Waals surface area (Å²) in [6, 6.07) is 6.70. The molecular weight excluding hydrogens is 438 g/mol. The third kappa shape index (κ3) is 4.40. The van der Waals surface area contributed by atoms with E-state index in [0.717, 1.165) is 33.2 Å². The minimum absolute atomic E-state index is 0.0443. The molecule has 0 N–H and O–H groups in total. The smallest absolute Gasteiger partial charge is 0.308 e. The van der Waals surface area contributed by atoms with Crippen LogP contribution in [0.25, 0.3) is 15.4 Å². The van der Waals surface area contributed by atoms with Crippen LogP contribution in [0.5, 0.6) is 0 Å². The Morgan fingerprint density at radius 1 is 1.21 bits per heavy atom. The highest BCUT2D eigenvalue weighted by atomic mass is 32.1. The topological polar surface area (TPSA) is 118 Å². The van der Waals surface area contributed by atoms with Gasteiger partial charge in [-0.15, -0.1) is 21.5 Å². The maximum atomic E-state index is 12.8. The van der Waals surface area contributed by atoms with Crippen molar-refractivity contribution in [3.8, 4) is 5.00 Å². The van der Waals surface area contributed by atoms with Gasteiger partial charge < -0.3 is 4.74 Å². The maximum Gasteiger partial charge on any atom is 0.308 e. The Morgan fingerprint density at radius 3 is 2.55 bits per heavy atom. The van der Waals surface area contributed by atoms with E-state index in [1.807, 2.05) is 44.4 Å². The summed E-state index contributed by atoms with van der Waals surface area (Å²) in [6.07, 6.45) is 0.0443. The average Bonchev–Trinajstić information content (AvgIpc) is 3.20. The van der Waals surface area contributed by atoms with Crippen LogP contribution < -0.4 is 0 Å². The predicted octanol–water partition coefficient (Wildman–Crippen LogP) is 5.82. The van der Waals surface area contributed by atoms with Crippen LogP contribution in [0.1, 0.15) is 66.5 Å². The van der Waals surface area contributed by atoms with Crippen LogP contribution in [0.2, 0.25) is 0 Å². The highest BCUT2D eigenvalue weighted by Gasteiger charge is 2.33. The van der Waals surface area contributed by atoms with E-state index in [1.54, 1.807) is 23.5 Å². The predicted molar refractivity (Wildman–Crippen MR) is 128 cm³/mol. The first-order valence-electron chi connectivity index (χ1n) is 10.6. The number of hydrogen-bond donors (Lipinski definition) is 0. The largest absolute Gasteiger partial charge is 0.460 e. The van der Waals surface area contributed by atoms with Gasteiger partial charge in [-0.25, -0.2) is 0 Å². The molecule has 4 rings (SSSR count). The molecule has 9 nitrogen and oxygen atoms in total. The second kappa shape index (κ2) is 8.46. The Hall–Kier alpha value is -3.49. The molecule has 1 aliphatic heterocycles. The fourth-order valence-electron chi connectivity index (χ4n) is 3.80. The van der Waals surface area contributed by atoms with Crippen molar-refractivity contribution in [2.45, 2.75) is 59.6 Å². The molecule has 10 heteroatoms. The van der Waals surface area contributed by atoms with Gasteiger partial charge in [-0.05, 0) is 52.6 Å². The van der Waals surface area contributed by atoms with Gasteiger partial charge in [0.15, 0.2) is 5.82 Å². The van der Waals surface area contributed by atoms with Gasteiger partial charge >= 0.3 is 5.97 Å². The number of hydrogen-bond acceptors (Lipinski definition) is 7. The van der Waals surface area contributed by atoms with Gasteiger partial charge in [-0.1, -0.05) is 29.4 Å². The van der Waals surface area contributed by atoms with Gasteiger partial charge in [0, 0.05) is 26.6 Å². The van der Waals surface area contributed by atoms with Gasteiger partial charge in [0.1, 0.15) is 22.5 Å². The maximum absolute atomic E-state index is 12.8. The SMILES string of the molecule is Cc1sc2c(c1C)C(c1ccc(N=[N+]=[N-])cc1)=N[C@@H](CC(=O)OC(C)(C)C)c1nnc(C)n1-2. The highest BCUT2D eigenvalue weighted by Crippen LogP contribution is 2.39. The van der Waals surface area contributed by atoms with E-state index in [2.05, 4.69) is 34.1 Å². The van der Waals surface area contributed by atoms with Crippen molar-refractivity contribution < 1.29 is 9.53 Å². The lowest BCUT2D eigenvalue weighted by Crippen LogP contribution is -2.25. The summed E-state index contributed by atoms with van der Waals surface area (Å²) in [5, 5.41) is 13.3. The van der Waals surface area contributed by atoms with E-state index in [1.165, 1.54) is 4.88 Å². The summed E-state index contributed by atoms with van der Waals surface area (Å²) in [6.45, 7) is 11.6. The number of ether oxygens (including phenoxy) is 1. The monoisotopic (exact) mass is 463 g/mol. The molecule has 0 radical (unpaired) electrons. The molecule has 3 aromatic rings. The molecular formula is C23H25N7O2S. The minimum atomic E-state index is -0.596. The fraction of sp³-hybridized carbons (Fsp3) is 0.391. The number of aromatic nitrogens is 3. The van der Waals surface area contributed by atoms with Gasteiger partial charge in [-0.3, -0.25) is 14.4 Å². The molecule has 2 aromatic heterocycles. The number of esters is 1. The van der Waals surface area contributed by atoms with E-state index in [9.17, 15) is 4.79 Å². The molecule has 0 amide bonds. The molecule has 1 aliphatic rings. The number of azide groups is 1. The normalized spacial score (nSPS) is 15.1. The molecule has 33 heavy (non-hydrogen) atoms. The Kier molecular flexibility index (Phi) is 5.82. The van der Waals surface area contributed by atoms with Crippen LogP contribution in [0.15, 0.2) is 34.4 Å². The minimum Gasteiger partial charge on any atom is -0.460 e. The summed E-state index contributed by atoms with van der Waals surface area (Å²) in [4.78, 5) is 21.8. The zero-order valence-corrected chi connectivity index (χ0v) is 20.3. The number of fused-ring (bicyclic) bond motifs is 3. The third-order valence-electron chi connectivity index (χ3n) is 5.32. The number of carbonyl (C=O) groups is 1. The molecule has 3 heterocycles. The lowest BCUT2D eigenvalue weighted by atomic mass is 9.99. The Morgan fingerprint density at radius 2 is 1.91 bits per heavy atom. The van der Waals surface area contributed by atoms with Crippen molar-refractivity contribution in [1.29, 1.82) is 0 Å². The summed E-state index contributed by atoms with van der Waals surface area (Å²) < 4.78 is 7.58. The van der Waals surface area contributed by atoms with Gasteiger partial charge in [0.25, 0.3) is 0 Å². The van der Waals surface area contributed by atoms with Crippen LogP contribution >= 0.6 is 11.3 Å². The van der Waals surface area contributed by atoms with E-state index >= 15 is 0 Å². The van der Waals surface area contributed by atoms with Crippen LogP contribution in [0.4, 0.5) is 5.69 Å². The molecule has 1 atom stereocenters. The van der Waals surface area contributed by atoms with Crippen molar-refractivity contribution in [2.75, 3.05) is 0 Å². The number of aliphatic imine (C=N–C) groups is 1. The average molecular weight is 464 g/mol. The molecule has 0 spiro atoms.